The zero-order valence-corrected chi connectivity index (χ0v) is 12.3. The molecule has 0 amide bonds. The quantitative estimate of drug-likeness (QED) is 0.916. The molecule has 2 rings (SSSR count). The Morgan fingerprint density at radius 3 is 2.44 bits per heavy atom. The molecule has 0 heterocycles. The van der Waals surface area contributed by atoms with Gasteiger partial charge in [-0.1, -0.05) is 29.8 Å². The van der Waals surface area contributed by atoms with Crippen LogP contribution in [0.25, 0.3) is 0 Å². The Hall–Kier alpha value is -1.04. The van der Waals surface area contributed by atoms with Crippen LogP contribution in [0.2, 0.25) is 5.02 Å². The molecule has 2 aromatic carbocycles. The summed E-state index contributed by atoms with van der Waals surface area (Å²) < 4.78 is 27.4. The number of nitrogens with one attached hydrogen (secondary N) is 1. The van der Waals surface area contributed by atoms with E-state index in [2.05, 4.69) is 20.7 Å². The highest BCUT2D eigenvalue weighted by Gasteiger charge is 2.15. The van der Waals surface area contributed by atoms with Crippen molar-refractivity contribution in [3.63, 3.8) is 0 Å². The van der Waals surface area contributed by atoms with Gasteiger partial charge in [-0.25, -0.2) is 8.42 Å². The molecule has 18 heavy (non-hydrogen) atoms. The molecule has 94 valence electrons. The Bertz CT molecular complexity index is 673. The van der Waals surface area contributed by atoms with Crippen molar-refractivity contribution in [2.45, 2.75) is 4.90 Å². The Labute approximate surface area is 119 Å². The van der Waals surface area contributed by atoms with E-state index < -0.39 is 10.0 Å². The number of benzene rings is 2. The van der Waals surface area contributed by atoms with Crippen LogP contribution in [0.4, 0.5) is 5.69 Å². The molecule has 0 spiro atoms. The van der Waals surface area contributed by atoms with Gasteiger partial charge in [-0.3, -0.25) is 4.72 Å². The number of para-hydroxylation sites is 1. The summed E-state index contributed by atoms with van der Waals surface area (Å²) >= 11 is 9.07. The van der Waals surface area contributed by atoms with Gasteiger partial charge in [-0.2, -0.15) is 0 Å². The average molecular weight is 347 g/mol. The van der Waals surface area contributed by atoms with Crippen molar-refractivity contribution in [3.8, 4) is 0 Å². The first-order valence-corrected chi connectivity index (χ1v) is 7.67. The predicted octanol–water partition coefficient (Wildman–Crippen LogP) is 3.90. The van der Waals surface area contributed by atoms with Crippen LogP contribution in [0.1, 0.15) is 0 Å². The highest BCUT2D eigenvalue weighted by Crippen LogP contribution is 2.25. The lowest BCUT2D eigenvalue weighted by molar-refractivity contribution is 0.601. The van der Waals surface area contributed by atoms with Crippen molar-refractivity contribution in [2.24, 2.45) is 0 Å². The van der Waals surface area contributed by atoms with Crippen LogP contribution in [0.15, 0.2) is 57.9 Å². The number of anilines is 1. The Kier molecular flexibility index (Phi) is 3.94. The second-order valence-corrected chi connectivity index (χ2v) is 6.52. The lowest BCUT2D eigenvalue weighted by atomic mass is 10.3. The van der Waals surface area contributed by atoms with Gasteiger partial charge in [-0.15, -0.1) is 0 Å². The van der Waals surface area contributed by atoms with Crippen LogP contribution in [0.5, 0.6) is 0 Å². The molecule has 0 fully saturated rings. The molecule has 0 aromatic heterocycles. The van der Waals surface area contributed by atoms with E-state index in [-0.39, 0.29) is 4.90 Å². The summed E-state index contributed by atoms with van der Waals surface area (Å²) in [6.07, 6.45) is 0. The van der Waals surface area contributed by atoms with Gasteiger partial charge in [0.1, 0.15) is 0 Å². The summed E-state index contributed by atoms with van der Waals surface area (Å²) in [6.45, 7) is 0. The van der Waals surface area contributed by atoms with E-state index in [9.17, 15) is 8.42 Å². The van der Waals surface area contributed by atoms with Crippen molar-refractivity contribution in [1.29, 1.82) is 0 Å². The van der Waals surface area contributed by atoms with Crippen molar-refractivity contribution < 1.29 is 8.42 Å². The average Bonchev–Trinajstić information content (AvgIpc) is 2.32. The summed E-state index contributed by atoms with van der Waals surface area (Å²) in [5.41, 5.74) is 0.484. The summed E-state index contributed by atoms with van der Waals surface area (Å²) in [4.78, 5) is 0.130. The third-order valence-electron chi connectivity index (χ3n) is 2.22. The molecule has 0 saturated heterocycles. The number of sulfonamides is 1. The van der Waals surface area contributed by atoms with Crippen LogP contribution in [0, 0.1) is 0 Å². The number of hydrogen-bond acceptors (Lipinski definition) is 2. The first-order chi connectivity index (χ1) is 8.49. The molecule has 0 aliphatic carbocycles. The van der Waals surface area contributed by atoms with E-state index in [0.29, 0.717) is 15.2 Å². The normalized spacial score (nSPS) is 11.2. The molecule has 0 unspecified atom stereocenters. The largest absolute Gasteiger partial charge is 0.278 e. The second kappa shape index (κ2) is 5.30. The van der Waals surface area contributed by atoms with E-state index in [1.165, 1.54) is 12.1 Å². The van der Waals surface area contributed by atoms with Crippen LogP contribution in [-0.4, -0.2) is 8.42 Å². The molecule has 0 aliphatic heterocycles. The van der Waals surface area contributed by atoms with Gasteiger partial charge < -0.3 is 0 Å². The standard InChI is InChI=1S/C12H9BrClNO2S/c13-11-6-1-2-7-12(11)15-18(16,17)10-5-3-4-9(14)8-10/h1-8,15H. The van der Waals surface area contributed by atoms with Gasteiger partial charge in [0.05, 0.1) is 10.6 Å². The molecule has 2 aromatic rings. The molecule has 0 aliphatic rings. The van der Waals surface area contributed by atoms with Crippen LogP contribution >= 0.6 is 27.5 Å². The third-order valence-corrected chi connectivity index (χ3v) is 4.51. The summed E-state index contributed by atoms with van der Waals surface area (Å²) in [5.74, 6) is 0. The fourth-order valence-corrected chi connectivity index (χ4v) is 3.28. The molecule has 3 nitrogen and oxygen atoms in total. The number of rotatable bonds is 3. The van der Waals surface area contributed by atoms with Crippen LogP contribution in [0.3, 0.4) is 0 Å². The van der Waals surface area contributed by atoms with Crippen molar-refractivity contribution in [2.75, 3.05) is 4.72 Å². The minimum absolute atomic E-state index is 0.130. The molecule has 0 atom stereocenters. The molecular formula is C12H9BrClNO2S. The van der Waals surface area contributed by atoms with Gasteiger partial charge in [0.2, 0.25) is 0 Å². The SMILES string of the molecule is O=S(=O)(Nc1ccccc1Br)c1cccc(Cl)c1. The first-order valence-electron chi connectivity index (χ1n) is 5.02. The fraction of sp³-hybridized carbons (Fsp3) is 0. The molecular weight excluding hydrogens is 338 g/mol. The Morgan fingerprint density at radius 1 is 1.06 bits per heavy atom. The van der Waals surface area contributed by atoms with Crippen LogP contribution in [-0.2, 0) is 10.0 Å². The highest BCUT2D eigenvalue weighted by atomic mass is 79.9. The number of halogens is 2. The lowest BCUT2D eigenvalue weighted by Gasteiger charge is -2.09. The molecule has 0 bridgehead atoms. The van der Waals surface area contributed by atoms with Gasteiger partial charge in [0.25, 0.3) is 10.0 Å². The van der Waals surface area contributed by atoms with Crippen LogP contribution < -0.4 is 4.72 Å². The molecule has 0 saturated carbocycles. The monoisotopic (exact) mass is 345 g/mol. The van der Waals surface area contributed by atoms with Crippen molar-refractivity contribution in [1.82, 2.24) is 0 Å². The van der Waals surface area contributed by atoms with Gasteiger partial charge >= 0.3 is 0 Å². The van der Waals surface area contributed by atoms with E-state index >= 15 is 0 Å². The smallest absolute Gasteiger partial charge is 0.261 e. The molecule has 6 heteroatoms. The maximum Gasteiger partial charge on any atom is 0.261 e. The minimum Gasteiger partial charge on any atom is -0.278 e. The maximum atomic E-state index is 12.1. The summed E-state index contributed by atoms with van der Waals surface area (Å²) in [5, 5.41) is 0.380. The highest BCUT2D eigenvalue weighted by molar-refractivity contribution is 9.10. The van der Waals surface area contributed by atoms with Crippen molar-refractivity contribution >= 4 is 43.2 Å². The zero-order chi connectivity index (χ0) is 13.2. The summed E-state index contributed by atoms with van der Waals surface area (Å²) in [6, 6.07) is 13.1. The second-order valence-electron chi connectivity index (χ2n) is 3.54. The number of hydrogen-bond donors (Lipinski definition) is 1. The molecule has 1 N–H and O–H groups in total. The Morgan fingerprint density at radius 2 is 1.78 bits per heavy atom. The zero-order valence-electron chi connectivity index (χ0n) is 9.10. The van der Waals surface area contributed by atoms with Crippen molar-refractivity contribution in [3.05, 3.63) is 58.0 Å². The van der Waals surface area contributed by atoms with Gasteiger partial charge in [-0.05, 0) is 46.3 Å². The molecule has 0 radical (unpaired) electrons. The first kappa shape index (κ1) is 13.4. The Balaban J connectivity index is 2.37. The van der Waals surface area contributed by atoms with E-state index in [1.807, 2.05) is 0 Å². The van der Waals surface area contributed by atoms with Gasteiger partial charge in [0, 0.05) is 9.50 Å². The van der Waals surface area contributed by atoms with E-state index in [1.54, 1.807) is 36.4 Å². The lowest BCUT2D eigenvalue weighted by Crippen LogP contribution is -2.13. The van der Waals surface area contributed by atoms with E-state index in [4.69, 9.17) is 11.6 Å². The van der Waals surface area contributed by atoms with Gasteiger partial charge in [0.15, 0.2) is 0 Å². The third kappa shape index (κ3) is 3.04. The predicted molar refractivity (Wildman–Crippen MR) is 76.4 cm³/mol. The topological polar surface area (TPSA) is 46.2 Å². The maximum absolute atomic E-state index is 12.1. The minimum atomic E-state index is -3.62. The fourth-order valence-electron chi connectivity index (χ4n) is 1.38. The van der Waals surface area contributed by atoms with E-state index in [0.717, 1.165) is 0 Å². The summed E-state index contributed by atoms with van der Waals surface area (Å²) in [7, 11) is -3.62.